The molecule has 5 rings (SSSR count). The predicted octanol–water partition coefficient (Wildman–Crippen LogP) is 3.39. The third-order valence-corrected chi connectivity index (χ3v) is 7.64. The number of hydrogen-bond donors (Lipinski definition) is 1. The van der Waals surface area contributed by atoms with E-state index in [1.807, 2.05) is 12.1 Å². The van der Waals surface area contributed by atoms with E-state index in [9.17, 15) is 4.79 Å². The molecule has 30 heavy (non-hydrogen) atoms. The summed E-state index contributed by atoms with van der Waals surface area (Å²) in [6, 6.07) is 10.3. The number of nitrogens with zero attached hydrogens (tertiary/aromatic N) is 4. The van der Waals surface area contributed by atoms with Gasteiger partial charge in [0.05, 0.1) is 11.7 Å². The van der Waals surface area contributed by atoms with E-state index in [4.69, 9.17) is 5.10 Å². The largest absolute Gasteiger partial charge is 0.311 e. The second-order valence-electron chi connectivity index (χ2n) is 9.49. The molecular formula is C24H33N5O. The maximum atomic E-state index is 12.5. The van der Waals surface area contributed by atoms with Crippen LogP contribution in [0.15, 0.2) is 41.5 Å². The Balaban J connectivity index is 1.21. The lowest BCUT2D eigenvalue weighted by Gasteiger charge is -2.48. The van der Waals surface area contributed by atoms with Gasteiger partial charge in [-0.3, -0.25) is 9.78 Å². The Morgan fingerprint density at radius 1 is 0.933 bits per heavy atom. The van der Waals surface area contributed by atoms with Gasteiger partial charge in [-0.05, 0) is 76.6 Å². The van der Waals surface area contributed by atoms with Crippen LogP contribution in [-0.2, 0) is 0 Å². The summed E-state index contributed by atoms with van der Waals surface area (Å²) in [5.41, 5.74) is 1.78. The quantitative estimate of drug-likeness (QED) is 0.842. The van der Waals surface area contributed by atoms with Crippen molar-refractivity contribution >= 4 is 0 Å². The molecule has 2 aromatic rings. The summed E-state index contributed by atoms with van der Waals surface area (Å²) >= 11 is 0. The molecule has 2 aromatic heterocycles. The third-order valence-electron chi connectivity index (χ3n) is 7.64. The van der Waals surface area contributed by atoms with Crippen molar-refractivity contribution in [3.63, 3.8) is 0 Å². The molecule has 6 heteroatoms. The standard InChI is InChI=1S/C24H33N5O/c1-28-21-5-2-6-22(28)15-19(14-21)26-18-7-9-20(10-8-18)29-24(30)12-11-23(27-29)17-4-3-13-25-16-17/h3-4,11-13,16,18-22,26H,2,5-10,14-15H2,1H3. The van der Waals surface area contributed by atoms with Crippen molar-refractivity contribution in [1.82, 2.24) is 25.0 Å². The summed E-state index contributed by atoms with van der Waals surface area (Å²) in [4.78, 5) is 19.3. The maximum absolute atomic E-state index is 12.5. The average Bonchev–Trinajstić information content (AvgIpc) is 2.76. The number of rotatable bonds is 4. The van der Waals surface area contributed by atoms with Crippen LogP contribution in [0.5, 0.6) is 0 Å². The third kappa shape index (κ3) is 4.08. The minimum Gasteiger partial charge on any atom is -0.311 e. The Morgan fingerprint density at radius 2 is 1.70 bits per heavy atom. The SMILES string of the molecule is CN1C2CCCC1CC(NC1CCC(n3nc(-c4cccnc4)ccc3=O)CC1)C2. The minimum absolute atomic E-state index is 0.00203. The van der Waals surface area contributed by atoms with Crippen LogP contribution in [0.3, 0.4) is 0 Å². The zero-order valence-corrected chi connectivity index (χ0v) is 17.9. The summed E-state index contributed by atoms with van der Waals surface area (Å²) in [7, 11) is 2.32. The highest BCUT2D eigenvalue weighted by molar-refractivity contribution is 5.56. The highest BCUT2D eigenvalue weighted by atomic mass is 16.1. The van der Waals surface area contributed by atoms with E-state index in [1.165, 1.54) is 32.1 Å². The van der Waals surface area contributed by atoms with Crippen molar-refractivity contribution in [3.05, 3.63) is 47.0 Å². The molecule has 4 heterocycles. The molecule has 3 aliphatic rings. The zero-order chi connectivity index (χ0) is 20.5. The minimum atomic E-state index is 0.00203. The van der Waals surface area contributed by atoms with E-state index in [0.717, 1.165) is 49.0 Å². The molecule has 0 radical (unpaired) electrons. The van der Waals surface area contributed by atoms with Crippen LogP contribution < -0.4 is 10.9 Å². The van der Waals surface area contributed by atoms with Gasteiger partial charge < -0.3 is 10.2 Å². The van der Waals surface area contributed by atoms with Crippen molar-refractivity contribution in [2.24, 2.45) is 0 Å². The van der Waals surface area contributed by atoms with Crippen LogP contribution in [0, 0.1) is 0 Å². The smallest absolute Gasteiger partial charge is 0.267 e. The summed E-state index contributed by atoms with van der Waals surface area (Å²) < 4.78 is 1.72. The molecule has 2 bridgehead atoms. The van der Waals surface area contributed by atoms with E-state index in [-0.39, 0.29) is 11.6 Å². The molecule has 2 atom stereocenters. The Morgan fingerprint density at radius 3 is 2.40 bits per heavy atom. The monoisotopic (exact) mass is 407 g/mol. The van der Waals surface area contributed by atoms with Crippen LogP contribution in [0.25, 0.3) is 11.3 Å². The van der Waals surface area contributed by atoms with Gasteiger partial charge in [0.2, 0.25) is 0 Å². The number of hydrogen-bond acceptors (Lipinski definition) is 5. The molecule has 1 aliphatic carbocycles. The normalized spacial score (nSPS) is 32.1. The second-order valence-corrected chi connectivity index (χ2v) is 9.49. The fourth-order valence-corrected chi connectivity index (χ4v) is 5.93. The van der Waals surface area contributed by atoms with Crippen LogP contribution in [0.2, 0.25) is 0 Å². The molecule has 2 saturated heterocycles. The van der Waals surface area contributed by atoms with Gasteiger partial charge in [-0.25, -0.2) is 4.68 Å². The van der Waals surface area contributed by atoms with Crippen LogP contribution >= 0.6 is 0 Å². The van der Waals surface area contributed by atoms with Gasteiger partial charge in [0.1, 0.15) is 0 Å². The highest BCUT2D eigenvalue weighted by Crippen LogP contribution is 2.34. The number of fused-ring (bicyclic) bond motifs is 2. The van der Waals surface area contributed by atoms with E-state index >= 15 is 0 Å². The van der Waals surface area contributed by atoms with Crippen LogP contribution in [0.4, 0.5) is 0 Å². The fourth-order valence-electron chi connectivity index (χ4n) is 5.93. The first kappa shape index (κ1) is 19.9. The molecule has 1 N–H and O–H groups in total. The lowest BCUT2D eigenvalue weighted by Crippen LogP contribution is -2.56. The van der Waals surface area contributed by atoms with Gasteiger partial charge in [-0.1, -0.05) is 6.42 Å². The zero-order valence-electron chi connectivity index (χ0n) is 17.9. The Labute approximate surface area is 178 Å². The Hall–Kier alpha value is -2.05. The molecule has 2 aliphatic heterocycles. The van der Waals surface area contributed by atoms with E-state index < -0.39 is 0 Å². The summed E-state index contributed by atoms with van der Waals surface area (Å²) in [5, 5.41) is 8.68. The molecule has 160 valence electrons. The van der Waals surface area contributed by atoms with Crippen LogP contribution in [-0.4, -0.2) is 50.9 Å². The molecule has 6 nitrogen and oxygen atoms in total. The molecule has 0 spiro atoms. The first-order valence-corrected chi connectivity index (χ1v) is 11.7. The van der Waals surface area contributed by atoms with Gasteiger partial charge in [-0.2, -0.15) is 5.10 Å². The van der Waals surface area contributed by atoms with Crippen molar-refractivity contribution < 1.29 is 0 Å². The van der Waals surface area contributed by atoms with Gasteiger partial charge in [0.15, 0.2) is 0 Å². The predicted molar refractivity (Wildman–Crippen MR) is 118 cm³/mol. The molecule has 2 unspecified atom stereocenters. The van der Waals surface area contributed by atoms with Gasteiger partial charge in [-0.15, -0.1) is 0 Å². The molecular weight excluding hydrogens is 374 g/mol. The van der Waals surface area contributed by atoms with Crippen molar-refractivity contribution in [2.45, 2.75) is 88.0 Å². The first-order chi connectivity index (χ1) is 14.7. The summed E-state index contributed by atoms with van der Waals surface area (Å²) in [5.74, 6) is 0. The number of pyridine rings is 1. The van der Waals surface area contributed by atoms with Crippen molar-refractivity contribution in [2.75, 3.05) is 7.05 Å². The van der Waals surface area contributed by atoms with Gasteiger partial charge in [0, 0.05) is 48.2 Å². The molecule has 0 aromatic carbocycles. The number of aromatic nitrogens is 3. The first-order valence-electron chi connectivity index (χ1n) is 11.7. The van der Waals surface area contributed by atoms with E-state index in [2.05, 4.69) is 22.2 Å². The second kappa shape index (κ2) is 8.60. The van der Waals surface area contributed by atoms with Crippen molar-refractivity contribution in [3.8, 4) is 11.3 Å². The topological polar surface area (TPSA) is 63.1 Å². The fraction of sp³-hybridized carbons (Fsp3) is 0.625. The van der Waals surface area contributed by atoms with Crippen molar-refractivity contribution in [1.29, 1.82) is 0 Å². The molecule has 3 fully saturated rings. The van der Waals surface area contributed by atoms with Gasteiger partial charge >= 0.3 is 0 Å². The molecule has 1 saturated carbocycles. The summed E-state index contributed by atoms with van der Waals surface area (Å²) in [6.07, 6.45) is 14.5. The maximum Gasteiger partial charge on any atom is 0.267 e. The lowest BCUT2D eigenvalue weighted by molar-refractivity contribution is 0.0437. The highest BCUT2D eigenvalue weighted by Gasteiger charge is 2.37. The van der Waals surface area contributed by atoms with Crippen LogP contribution in [0.1, 0.15) is 63.8 Å². The van der Waals surface area contributed by atoms with E-state index in [1.54, 1.807) is 29.2 Å². The summed E-state index contributed by atoms with van der Waals surface area (Å²) in [6.45, 7) is 0. The molecule has 0 amide bonds. The van der Waals surface area contributed by atoms with Gasteiger partial charge in [0.25, 0.3) is 5.56 Å². The lowest BCUT2D eigenvalue weighted by atomic mass is 9.81. The Kier molecular flexibility index (Phi) is 5.70. The van der Waals surface area contributed by atoms with E-state index in [0.29, 0.717) is 12.1 Å². The number of piperidine rings is 2. The average molecular weight is 408 g/mol. The Bertz CT molecular complexity index is 891. The number of nitrogens with one attached hydrogen (secondary N) is 1.